The normalized spacial score (nSPS) is 13.8. The van der Waals surface area contributed by atoms with E-state index in [1.165, 1.54) is 4.90 Å². The van der Waals surface area contributed by atoms with E-state index in [4.69, 9.17) is 16.3 Å². The SMILES string of the molecule is CCC(C)N(C(=O)C(CS)NC(=O)OC(C)(C)C)C(C(=O)Nc1c(C)cccc1Cl)c1ccc(C)cc1. The van der Waals surface area contributed by atoms with Gasteiger partial charge in [0.25, 0.3) is 5.91 Å². The number of para-hydroxylation sites is 1. The number of halogens is 1. The zero-order chi connectivity index (χ0) is 27.9. The molecule has 0 aromatic heterocycles. The molecular formula is C28H38ClN3O4S. The smallest absolute Gasteiger partial charge is 0.408 e. The van der Waals surface area contributed by atoms with Crippen molar-refractivity contribution in [2.75, 3.05) is 11.1 Å². The lowest BCUT2D eigenvalue weighted by molar-refractivity contribution is -0.142. The number of anilines is 1. The predicted octanol–water partition coefficient (Wildman–Crippen LogP) is 6.09. The van der Waals surface area contributed by atoms with Crippen LogP contribution in [0.2, 0.25) is 5.02 Å². The highest BCUT2D eigenvalue weighted by atomic mass is 35.5. The lowest BCUT2D eigenvalue weighted by Crippen LogP contribution is -2.55. The highest BCUT2D eigenvalue weighted by Crippen LogP contribution is 2.31. The molecule has 3 atom stereocenters. The van der Waals surface area contributed by atoms with Crippen LogP contribution < -0.4 is 10.6 Å². The first-order valence-corrected chi connectivity index (χ1v) is 13.3. The number of aryl methyl sites for hydroxylation is 2. The third kappa shape index (κ3) is 8.40. The van der Waals surface area contributed by atoms with Gasteiger partial charge < -0.3 is 20.3 Å². The molecule has 3 amide bonds. The molecule has 202 valence electrons. The van der Waals surface area contributed by atoms with Gasteiger partial charge in [0, 0.05) is 11.8 Å². The van der Waals surface area contributed by atoms with Crippen molar-refractivity contribution in [1.82, 2.24) is 10.2 Å². The minimum Gasteiger partial charge on any atom is -0.444 e. The van der Waals surface area contributed by atoms with E-state index in [9.17, 15) is 14.4 Å². The summed E-state index contributed by atoms with van der Waals surface area (Å²) in [5.41, 5.74) is 2.20. The van der Waals surface area contributed by atoms with Crippen LogP contribution in [0, 0.1) is 13.8 Å². The van der Waals surface area contributed by atoms with Crippen LogP contribution in [0.3, 0.4) is 0 Å². The molecule has 0 spiro atoms. The van der Waals surface area contributed by atoms with Gasteiger partial charge in [0.2, 0.25) is 5.91 Å². The van der Waals surface area contributed by atoms with Crippen LogP contribution in [0.5, 0.6) is 0 Å². The van der Waals surface area contributed by atoms with Crippen molar-refractivity contribution >= 4 is 47.8 Å². The van der Waals surface area contributed by atoms with Crippen molar-refractivity contribution in [2.24, 2.45) is 0 Å². The average Bonchev–Trinajstić information content (AvgIpc) is 2.82. The second-order valence-electron chi connectivity index (χ2n) is 10.1. The van der Waals surface area contributed by atoms with Crippen LogP contribution in [0.25, 0.3) is 0 Å². The van der Waals surface area contributed by atoms with Crippen LogP contribution in [0.15, 0.2) is 42.5 Å². The van der Waals surface area contributed by atoms with E-state index in [1.54, 1.807) is 32.9 Å². The molecule has 0 saturated carbocycles. The molecule has 0 aliphatic rings. The van der Waals surface area contributed by atoms with E-state index in [1.807, 2.05) is 58.0 Å². The molecule has 0 saturated heterocycles. The number of alkyl carbamates (subject to hydrolysis) is 1. The molecule has 0 heterocycles. The monoisotopic (exact) mass is 547 g/mol. The summed E-state index contributed by atoms with van der Waals surface area (Å²) in [4.78, 5) is 41.9. The van der Waals surface area contributed by atoms with E-state index < -0.39 is 35.6 Å². The fraction of sp³-hybridized carbons (Fsp3) is 0.464. The number of nitrogens with one attached hydrogen (secondary N) is 2. The maximum absolute atomic E-state index is 13.9. The molecule has 9 heteroatoms. The number of hydrogen-bond donors (Lipinski definition) is 3. The van der Waals surface area contributed by atoms with E-state index >= 15 is 0 Å². The number of nitrogens with zero attached hydrogens (tertiary/aromatic N) is 1. The van der Waals surface area contributed by atoms with E-state index in [0.29, 0.717) is 22.7 Å². The highest BCUT2D eigenvalue weighted by Gasteiger charge is 2.38. The largest absolute Gasteiger partial charge is 0.444 e. The van der Waals surface area contributed by atoms with Gasteiger partial charge in [0.05, 0.1) is 10.7 Å². The molecule has 0 radical (unpaired) electrons. The van der Waals surface area contributed by atoms with Crippen LogP contribution in [0.1, 0.15) is 63.8 Å². The van der Waals surface area contributed by atoms with Crippen LogP contribution in [0.4, 0.5) is 10.5 Å². The maximum Gasteiger partial charge on any atom is 0.408 e. The molecule has 2 aromatic rings. The van der Waals surface area contributed by atoms with Gasteiger partial charge in [-0.3, -0.25) is 9.59 Å². The predicted molar refractivity (Wildman–Crippen MR) is 152 cm³/mol. The fourth-order valence-electron chi connectivity index (χ4n) is 3.78. The Balaban J connectivity index is 2.54. The standard InChI is InChI=1S/C28H38ClN3O4S/c1-8-19(4)32(26(34)22(16-37)30-27(35)36-28(5,6)7)24(20-14-12-17(2)13-15-20)25(33)31-23-18(3)10-9-11-21(23)29/h9-15,19,22,24,37H,8,16H2,1-7H3,(H,30,35)(H,31,33). The van der Waals surface area contributed by atoms with Gasteiger partial charge in [-0.25, -0.2) is 4.79 Å². The van der Waals surface area contributed by atoms with Crippen LogP contribution >= 0.6 is 24.2 Å². The van der Waals surface area contributed by atoms with Gasteiger partial charge in [0.1, 0.15) is 17.7 Å². The van der Waals surface area contributed by atoms with Gasteiger partial charge in [-0.1, -0.05) is 60.5 Å². The Hall–Kier alpha value is -2.71. The molecule has 2 aromatic carbocycles. The molecule has 2 rings (SSSR count). The van der Waals surface area contributed by atoms with E-state index in [-0.39, 0.29) is 11.8 Å². The number of amides is 3. The Bertz CT molecular complexity index is 1080. The third-order valence-electron chi connectivity index (χ3n) is 5.88. The summed E-state index contributed by atoms with van der Waals surface area (Å²) >= 11 is 10.7. The number of carbonyl (C=O) groups excluding carboxylic acids is 3. The number of ether oxygens (including phenoxy) is 1. The topological polar surface area (TPSA) is 87.7 Å². The second kappa shape index (κ2) is 13.2. The maximum atomic E-state index is 13.9. The lowest BCUT2D eigenvalue weighted by Gasteiger charge is -2.38. The Kier molecular flexibility index (Phi) is 10.9. The van der Waals surface area contributed by atoms with Crippen LogP contribution in [-0.2, 0) is 14.3 Å². The summed E-state index contributed by atoms with van der Waals surface area (Å²) < 4.78 is 5.35. The Morgan fingerprint density at radius 2 is 1.70 bits per heavy atom. The minimum absolute atomic E-state index is 0.0247. The summed E-state index contributed by atoms with van der Waals surface area (Å²) in [6.45, 7) is 12.8. The van der Waals surface area contributed by atoms with Crippen molar-refractivity contribution in [2.45, 2.75) is 78.6 Å². The van der Waals surface area contributed by atoms with Crippen molar-refractivity contribution in [1.29, 1.82) is 0 Å². The molecule has 0 aliphatic carbocycles. The first kappa shape index (κ1) is 30.5. The Morgan fingerprint density at radius 1 is 1.08 bits per heavy atom. The highest BCUT2D eigenvalue weighted by molar-refractivity contribution is 7.80. The molecule has 0 aliphatic heterocycles. The van der Waals surface area contributed by atoms with Gasteiger partial charge >= 0.3 is 6.09 Å². The summed E-state index contributed by atoms with van der Waals surface area (Å²) in [6.07, 6.45) is -0.148. The summed E-state index contributed by atoms with van der Waals surface area (Å²) in [7, 11) is 0. The van der Waals surface area contributed by atoms with E-state index in [0.717, 1.165) is 11.1 Å². The minimum atomic E-state index is -1.00. The summed E-state index contributed by atoms with van der Waals surface area (Å²) in [6, 6.07) is 10.5. The fourth-order valence-corrected chi connectivity index (χ4v) is 4.30. The van der Waals surface area contributed by atoms with E-state index in [2.05, 4.69) is 23.3 Å². The van der Waals surface area contributed by atoms with Crippen molar-refractivity contribution in [3.63, 3.8) is 0 Å². The molecule has 3 unspecified atom stereocenters. The van der Waals surface area contributed by atoms with Crippen molar-refractivity contribution in [3.05, 3.63) is 64.2 Å². The van der Waals surface area contributed by atoms with Crippen molar-refractivity contribution in [3.8, 4) is 0 Å². The zero-order valence-corrected chi connectivity index (χ0v) is 24.2. The average molecular weight is 548 g/mol. The molecule has 0 bridgehead atoms. The first-order valence-electron chi connectivity index (χ1n) is 12.3. The van der Waals surface area contributed by atoms with Gasteiger partial charge in [0.15, 0.2) is 0 Å². The molecule has 7 nitrogen and oxygen atoms in total. The second-order valence-corrected chi connectivity index (χ2v) is 10.9. The number of rotatable bonds is 9. The molecule has 2 N–H and O–H groups in total. The zero-order valence-electron chi connectivity index (χ0n) is 22.6. The quantitative estimate of drug-likeness (QED) is 0.332. The molecule has 0 fully saturated rings. The number of carbonyl (C=O) groups is 3. The number of benzene rings is 2. The van der Waals surface area contributed by atoms with Gasteiger partial charge in [-0.2, -0.15) is 12.6 Å². The van der Waals surface area contributed by atoms with Gasteiger partial charge in [-0.15, -0.1) is 0 Å². The Morgan fingerprint density at radius 3 is 2.22 bits per heavy atom. The van der Waals surface area contributed by atoms with Crippen LogP contribution in [-0.4, -0.2) is 46.2 Å². The lowest BCUT2D eigenvalue weighted by atomic mass is 9.99. The van der Waals surface area contributed by atoms with Gasteiger partial charge in [-0.05, 0) is 65.2 Å². The third-order valence-corrected chi connectivity index (χ3v) is 6.56. The Labute approximate surface area is 230 Å². The summed E-state index contributed by atoms with van der Waals surface area (Å²) in [5.74, 6) is -0.827. The summed E-state index contributed by atoms with van der Waals surface area (Å²) in [5, 5.41) is 5.96. The molecule has 37 heavy (non-hydrogen) atoms. The number of thiol groups is 1. The number of hydrogen-bond acceptors (Lipinski definition) is 5. The first-order chi connectivity index (χ1) is 17.3. The molecular weight excluding hydrogens is 510 g/mol. The van der Waals surface area contributed by atoms with Crippen molar-refractivity contribution < 1.29 is 19.1 Å².